The maximum Gasteiger partial charge on any atom is 0.344 e. The molecule has 0 spiro atoms. The highest BCUT2D eigenvalue weighted by Crippen LogP contribution is 2.31. The molecule has 0 aromatic rings. The summed E-state index contributed by atoms with van der Waals surface area (Å²) in [4.78, 5) is 81.5. The minimum absolute atomic E-state index is 0.0208. The minimum Gasteiger partial charge on any atom is -0.338 e. The van der Waals surface area contributed by atoms with Crippen LogP contribution in [0.25, 0.3) is 0 Å². The molecule has 9 amide bonds. The Hall–Kier alpha value is -3.98. The predicted octanol–water partition coefficient (Wildman–Crippen LogP) is -3.22. The average molecular weight is 636 g/mol. The van der Waals surface area contributed by atoms with Crippen LogP contribution in [-0.2, 0) is 14.4 Å². The highest BCUT2D eigenvalue weighted by atomic mass is 16.5. The second-order valence-electron chi connectivity index (χ2n) is 12.7. The zero-order chi connectivity index (χ0) is 31.7. The largest absolute Gasteiger partial charge is 0.344 e. The second kappa shape index (κ2) is 11.1. The summed E-state index contributed by atoms with van der Waals surface area (Å²) in [5, 5.41) is 42.3. The molecule has 0 aliphatic carbocycles. The summed E-state index contributed by atoms with van der Waals surface area (Å²) in [6.45, 7) is 0.693. The molecule has 7 aliphatic rings. The average Bonchev–Trinajstić information content (AvgIpc) is 3.49. The van der Waals surface area contributed by atoms with Gasteiger partial charge in [0.05, 0.1) is 30.8 Å². The number of rotatable bonds is 6. The quantitative estimate of drug-likeness (QED) is 0.143. The van der Waals surface area contributed by atoms with Gasteiger partial charge in [-0.05, 0) is 38.5 Å². The van der Waals surface area contributed by atoms with Crippen molar-refractivity contribution in [1.82, 2.24) is 56.3 Å². The van der Waals surface area contributed by atoms with Gasteiger partial charge in [0.2, 0.25) is 11.8 Å². The van der Waals surface area contributed by atoms with E-state index in [0.29, 0.717) is 53.7 Å². The van der Waals surface area contributed by atoms with Crippen LogP contribution in [0.4, 0.5) is 14.4 Å². The van der Waals surface area contributed by atoms with Gasteiger partial charge in [0.15, 0.2) is 0 Å². The molecule has 7 fully saturated rings. The fraction of sp³-hybridized carbons (Fsp3) is 0.760. The Morgan fingerprint density at radius 2 is 1.02 bits per heavy atom. The number of amides is 9. The Kier molecular flexibility index (Phi) is 7.34. The summed E-state index contributed by atoms with van der Waals surface area (Å²) in [6, 6.07) is -5.53. The molecule has 6 bridgehead atoms. The van der Waals surface area contributed by atoms with Gasteiger partial charge in [0.25, 0.3) is 5.91 Å². The topological polar surface area (TPSA) is 234 Å². The number of nitrogens with one attached hydrogen (secondary N) is 4. The molecule has 45 heavy (non-hydrogen) atoms. The first kappa shape index (κ1) is 29.7. The first-order valence-corrected chi connectivity index (χ1v) is 15.3. The van der Waals surface area contributed by atoms with Crippen molar-refractivity contribution < 1.29 is 44.4 Å². The minimum atomic E-state index is -0.865. The molecule has 0 aromatic heterocycles. The number of hydrazine groups is 1. The second-order valence-corrected chi connectivity index (χ2v) is 12.7. The number of fused-ring (bicyclic) bond motifs is 6. The molecule has 20 heteroatoms. The van der Waals surface area contributed by atoms with E-state index in [1.165, 1.54) is 19.7 Å². The number of urea groups is 3. The molecule has 8 atom stereocenters. The zero-order valence-electron chi connectivity index (χ0n) is 24.3. The van der Waals surface area contributed by atoms with Gasteiger partial charge in [-0.15, -0.1) is 0 Å². The molecule has 20 nitrogen and oxygen atoms in total. The van der Waals surface area contributed by atoms with Gasteiger partial charge in [0.1, 0.15) is 24.3 Å². The molecule has 0 radical (unpaired) electrons. The Morgan fingerprint density at radius 1 is 0.600 bits per heavy atom. The SMILES string of the molecule is O=C(NC1CN(NC(=O)C2CCC3CN2C(=O)N3O)C(NC(=O)C2CCC3CN2C(=O)N3O)CN1)C1CCC2CN1C(=O)N2O. The van der Waals surface area contributed by atoms with Crippen molar-refractivity contribution in [2.24, 2.45) is 0 Å². The van der Waals surface area contributed by atoms with Crippen LogP contribution < -0.4 is 21.4 Å². The predicted molar refractivity (Wildman–Crippen MR) is 144 cm³/mol. The van der Waals surface area contributed by atoms with E-state index in [9.17, 15) is 44.4 Å². The molecule has 246 valence electrons. The lowest BCUT2D eigenvalue weighted by Crippen LogP contribution is -2.72. The van der Waals surface area contributed by atoms with Crippen molar-refractivity contribution >= 4 is 35.8 Å². The Morgan fingerprint density at radius 3 is 1.49 bits per heavy atom. The van der Waals surface area contributed by atoms with Crippen LogP contribution in [0, 0.1) is 0 Å². The number of hydrogen-bond acceptors (Lipinski definition) is 11. The summed E-state index contributed by atoms with van der Waals surface area (Å²) in [7, 11) is 0. The van der Waals surface area contributed by atoms with Crippen LogP contribution >= 0.6 is 0 Å². The van der Waals surface area contributed by atoms with Gasteiger partial charge in [-0.1, -0.05) is 0 Å². The number of hydroxylamine groups is 6. The fourth-order valence-electron chi connectivity index (χ4n) is 7.62. The fourth-order valence-corrected chi connectivity index (χ4v) is 7.62. The maximum atomic E-state index is 13.5. The van der Waals surface area contributed by atoms with E-state index in [1.807, 2.05) is 0 Å². The van der Waals surface area contributed by atoms with Crippen LogP contribution in [0.3, 0.4) is 0 Å². The Balaban J connectivity index is 1.04. The highest BCUT2D eigenvalue weighted by molar-refractivity contribution is 5.90. The lowest BCUT2D eigenvalue weighted by molar-refractivity contribution is -0.138. The van der Waals surface area contributed by atoms with E-state index >= 15 is 0 Å². The number of carbonyl (C=O) groups is 6. The van der Waals surface area contributed by atoms with Crippen molar-refractivity contribution in [2.75, 3.05) is 32.7 Å². The molecule has 7 rings (SSSR count). The first-order valence-electron chi connectivity index (χ1n) is 15.3. The monoisotopic (exact) mass is 635 g/mol. The summed E-state index contributed by atoms with van der Waals surface area (Å²) in [6.07, 6.45) is 0.800. The van der Waals surface area contributed by atoms with E-state index in [-0.39, 0.29) is 50.8 Å². The van der Waals surface area contributed by atoms with Gasteiger partial charge >= 0.3 is 18.1 Å². The van der Waals surface area contributed by atoms with Gasteiger partial charge in [0, 0.05) is 26.2 Å². The molecule has 7 heterocycles. The van der Waals surface area contributed by atoms with Gasteiger partial charge in [-0.2, -0.15) is 5.01 Å². The molecule has 7 N–H and O–H groups in total. The summed E-state index contributed by atoms with van der Waals surface area (Å²) in [5.41, 5.74) is 2.80. The van der Waals surface area contributed by atoms with Crippen LogP contribution in [0.1, 0.15) is 38.5 Å². The number of carbonyl (C=O) groups excluding carboxylic acids is 6. The molecule has 7 saturated heterocycles. The molecule has 8 unspecified atom stereocenters. The zero-order valence-corrected chi connectivity index (χ0v) is 24.3. The van der Waals surface area contributed by atoms with Crippen LogP contribution in [0.15, 0.2) is 0 Å². The number of piperazine rings is 1. The number of nitrogens with zero attached hydrogens (tertiary/aromatic N) is 7. The van der Waals surface area contributed by atoms with Gasteiger partial charge < -0.3 is 25.3 Å². The maximum absolute atomic E-state index is 13.5. The van der Waals surface area contributed by atoms with Crippen molar-refractivity contribution in [2.45, 2.75) is 87.1 Å². The van der Waals surface area contributed by atoms with E-state index < -0.39 is 66.3 Å². The van der Waals surface area contributed by atoms with E-state index in [0.717, 1.165) is 0 Å². The lowest BCUT2D eigenvalue weighted by Gasteiger charge is -2.43. The summed E-state index contributed by atoms with van der Waals surface area (Å²) < 4.78 is 0. The van der Waals surface area contributed by atoms with Crippen LogP contribution in [-0.4, -0.2) is 168 Å². The van der Waals surface area contributed by atoms with Crippen molar-refractivity contribution in [3.8, 4) is 0 Å². The van der Waals surface area contributed by atoms with E-state index in [4.69, 9.17) is 0 Å². The van der Waals surface area contributed by atoms with Crippen molar-refractivity contribution in [1.29, 1.82) is 0 Å². The third-order valence-electron chi connectivity index (χ3n) is 10.1. The molecule has 7 aliphatic heterocycles. The van der Waals surface area contributed by atoms with Crippen LogP contribution in [0.5, 0.6) is 0 Å². The van der Waals surface area contributed by atoms with E-state index in [1.54, 1.807) is 0 Å². The van der Waals surface area contributed by atoms with Crippen LogP contribution in [0.2, 0.25) is 0 Å². The molecule has 0 saturated carbocycles. The standard InChI is InChI=1S/C25H37N11O9/c37-20(15-4-1-12-8-30(15)23(40)34(12)43)27-18-11-33(29-22(39)17-6-3-14-10-32(17)25(42)36(14)45)19(7-26-18)28-21(38)16-5-2-13-9-31(16)24(41)35(13)44/h12-19,26,43-45H,1-11H2,(H,27,37)(H,28,38)(H,29,39). The molecular formula is C25H37N11O9. The molecular weight excluding hydrogens is 598 g/mol. The highest BCUT2D eigenvalue weighted by Gasteiger charge is 2.50. The third-order valence-corrected chi connectivity index (χ3v) is 10.1. The Bertz CT molecular complexity index is 1300. The smallest absolute Gasteiger partial charge is 0.338 e. The first-order chi connectivity index (χ1) is 21.5. The van der Waals surface area contributed by atoms with Gasteiger partial charge in [-0.25, -0.2) is 29.6 Å². The summed E-state index contributed by atoms with van der Waals surface area (Å²) in [5.74, 6) is -1.45. The normalized spacial score (nSPS) is 36.2. The van der Waals surface area contributed by atoms with Gasteiger partial charge in [-0.3, -0.25) is 40.7 Å². The number of piperidine rings is 3. The Labute approximate surface area is 256 Å². The van der Waals surface area contributed by atoms with Crippen molar-refractivity contribution in [3.63, 3.8) is 0 Å². The number of hydrogen-bond donors (Lipinski definition) is 7. The summed E-state index contributed by atoms with van der Waals surface area (Å²) >= 11 is 0. The lowest BCUT2D eigenvalue weighted by atomic mass is 10.00. The van der Waals surface area contributed by atoms with Crippen molar-refractivity contribution in [3.05, 3.63) is 0 Å². The molecule has 0 aromatic carbocycles. The van der Waals surface area contributed by atoms with E-state index in [2.05, 4.69) is 21.4 Å². The third kappa shape index (κ3) is 4.96.